The van der Waals surface area contributed by atoms with Gasteiger partial charge in [-0.05, 0) is 31.6 Å². The molecule has 16 heavy (non-hydrogen) atoms. The third-order valence-corrected chi connectivity index (χ3v) is 6.13. The minimum absolute atomic E-state index is 0.177. The van der Waals surface area contributed by atoms with Crippen molar-refractivity contribution in [3.63, 3.8) is 0 Å². The first-order chi connectivity index (χ1) is 7.66. The second-order valence-electron chi connectivity index (χ2n) is 5.48. The molecule has 92 valence electrons. The summed E-state index contributed by atoms with van der Waals surface area (Å²) in [5.41, 5.74) is 0. The summed E-state index contributed by atoms with van der Waals surface area (Å²) < 4.78 is 12.4. The van der Waals surface area contributed by atoms with Gasteiger partial charge in [-0.2, -0.15) is 0 Å². The molecule has 2 rings (SSSR count). The largest absolute Gasteiger partial charge is 0.300 e. The van der Waals surface area contributed by atoms with Crippen molar-refractivity contribution in [2.45, 2.75) is 68.8 Å². The molecule has 3 heteroatoms. The van der Waals surface area contributed by atoms with Crippen LogP contribution >= 0.6 is 0 Å². The fraction of sp³-hybridized carbons (Fsp3) is 0.923. The molecule has 0 aromatic rings. The van der Waals surface area contributed by atoms with Crippen LogP contribution < -0.4 is 0 Å². The van der Waals surface area contributed by atoms with Gasteiger partial charge in [0, 0.05) is 34.1 Å². The molecule has 2 nitrogen and oxygen atoms in total. The quantitative estimate of drug-likeness (QED) is 0.746. The van der Waals surface area contributed by atoms with Crippen LogP contribution in [0.1, 0.15) is 58.3 Å². The van der Waals surface area contributed by atoms with Gasteiger partial charge < -0.3 is 0 Å². The van der Waals surface area contributed by atoms with Crippen molar-refractivity contribution in [1.82, 2.24) is 0 Å². The molecule has 0 aromatic carbocycles. The molecule has 0 N–H and O–H groups in total. The van der Waals surface area contributed by atoms with Crippen molar-refractivity contribution in [2.75, 3.05) is 0 Å². The number of hydrogen-bond acceptors (Lipinski definition) is 2. The molecule has 0 spiro atoms. The van der Waals surface area contributed by atoms with E-state index >= 15 is 0 Å². The zero-order valence-corrected chi connectivity index (χ0v) is 10.9. The van der Waals surface area contributed by atoms with Crippen LogP contribution in [0.4, 0.5) is 0 Å². The summed E-state index contributed by atoms with van der Waals surface area (Å²) in [6.07, 6.45) is 7.99. The summed E-state index contributed by atoms with van der Waals surface area (Å²) in [5, 5.41) is 0.552. The smallest absolute Gasteiger partial charge is 0.134 e. The van der Waals surface area contributed by atoms with E-state index in [0.717, 1.165) is 38.0 Å². The predicted molar refractivity (Wildman–Crippen MR) is 66.8 cm³/mol. The van der Waals surface area contributed by atoms with Crippen molar-refractivity contribution in [3.8, 4) is 0 Å². The van der Waals surface area contributed by atoms with Gasteiger partial charge in [-0.3, -0.25) is 9.00 Å². The number of Topliss-reactive ketones (excluding diaryl/α,β-unsaturated/α-hetero) is 1. The SMILES string of the molecule is CC1CCCC(S(=O)C2CCCC(=O)C2)C1. The molecule has 0 aromatic heterocycles. The highest BCUT2D eigenvalue weighted by molar-refractivity contribution is 7.86. The first kappa shape index (κ1) is 12.3. The molecule has 0 saturated heterocycles. The number of rotatable bonds is 2. The lowest BCUT2D eigenvalue weighted by atomic mass is 9.90. The van der Waals surface area contributed by atoms with Gasteiger partial charge in [0.05, 0.1) is 0 Å². The average molecular weight is 242 g/mol. The Bertz CT molecular complexity index is 288. The highest BCUT2D eigenvalue weighted by atomic mass is 32.2. The van der Waals surface area contributed by atoms with Gasteiger partial charge in [0.25, 0.3) is 0 Å². The van der Waals surface area contributed by atoms with Gasteiger partial charge in [0.15, 0.2) is 0 Å². The molecule has 0 radical (unpaired) electrons. The first-order valence-corrected chi connectivity index (χ1v) is 7.85. The number of ketones is 1. The van der Waals surface area contributed by atoms with Crippen LogP contribution in [0.25, 0.3) is 0 Å². The monoisotopic (exact) mass is 242 g/mol. The van der Waals surface area contributed by atoms with Gasteiger partial charge in [-0.25, -0.2) is 0 Å². The summed E-state index contributed by atoms with van der Waals surface area (Å²) in [6, 6.07) is 0. The Hall–Kier alpha value is -0.180. The Morgan fingerprint density at radius 2 is 1.88 bits per heavy atom. The second-order valence-corrected chi connectivity index (χ2v) is 7.47. The predicted octanol–water partition coefficient (Wildman–Crippen LogP) is 2.83. The van der Waals surface area contributed by atoms with Crippen LogP contribution in [0.2, 0.25) is 0 Å². The Morgan fingerprint density at radius 3 is 2.56 bits per heavy atom. The van der Waals surface area contributed by atoms with Crippen molar-refractivity contribution in [3.05, 3.63) is 0 Å². The minimum Gasteiger partial charge on any atom is -0.300 e. The van der Waals surface area contributed by atoms with E-state index in [1.807, 2.05) is 0 Å². The van der Waals surface area contributed by atoms with Gasteiger partial charge >= 0.3 is 0 Å². The Labute approximate surface area is 101 Å². The van der Waals surface area contributed by atoms with E-state index in [2.05, 4.69) is 6.92 Å². The Kier molecular flexibility index (Phi) is 4.17. The number of hydrogen-bond donors (Lipinski definition) is 0. The van der Waals surface area contributed by atoms with Gasteiger partial charge in [0.1, 0.15) is 5.78 Å². The Morgan fingerprint density at radius 1 is 1.12 bits per heavy atom. The molecule has 0 bridgehead atoms. The van der Waals surface area contributed by atoms with Gasteiger partial charge in [-0.1, -0.05) is 19.8 Å². The van der Waals surface area contributed by atoms with E-state index in [0.29, 0.717) is 17.5 Å². The van der Waals surface area contributed by atoms with Crippen LogP contribution in [0.15, 0.2) is 0 Å². The standard InChI is InChI=1S/C13H22O2S/c1-10-4-2-6-12(8-10)16(15)13-7-3-5-11(14)9-13/h10,12-13H,2-9H2,1H3. The molecule has 2 saturated carbocycles. The lowest BCUT2D eigenvalue weighted by molar-refractivity contribution is -0.120. The third-order valence-electron chi connectivity index (χ3n) is 3.98. The van der Waals surface area contributed by atoms with E-state index < -0.39 is 10.8 Å². The normalized spacial score (nSPS) is 38.3. The van der Waals surface area contributed by atoms with Gasteiger partial charge in [-0.15, -0.1) is 0 Å². The van der Waals surface area contributed by atoms with Crippen LogP contribution in [0.5, 0.6) is 0 Å². The second kappa shape index (κ2) is 5.44. The molecular formula is C13H22O2S. The Balaban J connectivity index is 1.92. The molecule has 4 unspecified atom stereocenters. The zero-order chi connectivity index (χ0) is 11.5. The molecular weight excluding hydrogens is 220 g/mol. The summed E-state index contributed by atoms with van der Waals surface area (Å²) in [6.45, 7) is 2.26. The fourth-order valence-electron chi connectivity index (χ4n) is 3.04. The van der Waals surface area contributed by atoms with E-state index in [1.54, 1.807) is 0 Å². The summed E-state index contributed by atoms with van der Waals surface area (Å²) in [7, 11) is -0.755. The van der Waals surface area contributed by atoms with Gasteiger partial charge in [0.2, 0.25) is 0 Å². The van der Waals surface area contributed by atoms with Crippen LogP contribution in [-0.4, -0.2) is 20.5 Å². The summed E-state index contributed by atoms with van der Waals surface area (Å²) >= 11 is 0. The van der Waals surface area contributed by atoms with Crippen LogP contribution in [0.3, 0.4) is 0 Å². The number of carbonyl (C=O) groups excluding carboxylic acids is 1. The molecule has 2 fully saturated rings. The first-order valence-electron chi connectivity index (χ1n) is 6.58. The van der Waals surface area contributed by atoms with E-state index in [9.17, 15) is 9.00 Å². The average Bonchev–Trinajstić information content (AvgIpc) is 2.28. The van der Waals surface area contributed by atoms with E-state index in [4.69, 9.17) is 0 Å². The lowest BCUT2D eigenvalue weighted by Gasteiger charge is -2.30. The van der Waals surface area contributed by atoms with E-state index in [-0.39, 0.29) is 5.25 Å². The highest BCUT2D eigenvalue weighted by Crippen LogP contribution is 2.31. The maximum atomic E-state index is 12.4. The molecule has 2 aliphatic carbocycles. The van der Waals surface area contributed by atoms with Crippen molar-refractivity contribution in [2.24, 2.45) is 5.92 Å². The van der Waals surface area contributed by atoms with E-state index in [1.165, 1.54) is 12.8 Å². The summed E-state index contributed by atoms with van der Waals surface area (Å²) in [4.78, 5) is 11.4. The minimum atomic E-state index is -0.755. The fourth-order valence-corrected chi connectivity index (χ4v) is 5.26. The third kappa shape index (κ3) is 2.93. The molecule has 0 heterocycles. The van der Waals surface area contributed by atoms with Crippen LogP contribution in [0, 0.1) is 5.92 Å². The topological polar surface area (TPSA) is 34.1 Å². The maximum Gasteiger partial charge on any atom is 0.134 e. The summed E-state index contributed by atoms with van der Waals surface area (Å²) in [5.74, 6) is 1.05. The molecule has 0 aliphatic heterocycles. The lowest BCUT2D eigenvalue weighted by Crippen LogP contribution is -2.33. The molecule has 0 amide bonds. The van der Waals surface area contributed by atoms with Crippen molar-refractivity contribution >= 4 is 16.6 Å². The zero-order valence-electron chi connectivity index (χ0n) is 10.1. The van der Waals surface area contributed by atoms with Crippen LogP contribution in [-0.2, 0) is 15.6 Å². The highest BCUT2D eigenvalue weighted by Gasteiger charge is 2.31. The maximum absolute atomic E-state index is 12.4. The van der Waals surface area contributed by atoms with Crippen molar-refractivity contribution < 1.29 is 9.00 Å². The van der Waals surface area contributed by atoms with Crippen molar-refractivity contribution in [1.29, 1.82) is 0 Å². The molecule has 4 atom stereocenters. The molecule has 2 aliphatic rings. The number of carbonyl (C=O) groups is 1.